The fraction of sp³-hybridized carbons (Fsp3) is 0.0333. The van der Waals surface area contributed by atoms with E-state index in [1.807, 2.05) is 36.4 Å². The monoisotopic (exact) mass is 488 g/mol. The SMILES string of the molecule is COc1ccc2oc(-c3cccc(NC(=O)c4cccc(-c5cc6ccccc6oc5=O)c4)c3)nc2c1. The molecule has 7 heteroatoms. The van der Waals surface area contributed by atoms with Crippen LogP contribution in [0.5, 0.6) is 5.75 Å². The van der Waals surface area contributed by atoms with Gasteiger partial charge in [0.05, 0.1) is 12.7 Å². The Morgan fingerprint density at radius 2 is 1.65 bits per heavy atom. The molecule has 0 aliphatic rings. The number of ether oxygens (including phenoxy) is 1. The average Bonchev–Trinajstić information content (AvgIpc) is 3.36. The number of methoxy groups -OCH3 is 1. The summed E-state index contributed by atoms with van der Waals surface area (Å²) < 4.78 is 16.6. The Kier molecular flexibility index (Phi) is 5.50. The highest BCUT2D eigenvalue weighted by atomic mass is 16.5. The normalized spacial score (nSPS) is 11.1. The summed E-state index contributed by atoms with van der Waals surface area (Å²) in [6.45, 7) is 0. The number of amides is 1. The second-order valence-corrected chi connectivity index (χ2v) is 8.45. The van der Waals surface area contributed by atoms with E-state index in [0.717, 1.165) is 10.9 Å². The van der Waals surface area contributed by atoms with Crippen LogP contribution in [-0.4, -0.2) is 18.0 Å². The van der Waals surface area contributed by atoms with E-state index in [9.17, 15) is 9.59 Å². The van der Waals surface area contributed by atoms with E-state index in [1.54, 1.807) is 67.8 Å². The number of nitrogens with zero attached hydrogens (tertiary/aromatic N) is 1. The maximum atomic E-state index is 13.1. The van der Waals surface area contributed by atoms with Gasteiger partial charge >= 0.3 is 5.63 Å². The maximum Gasteiger partial charge on any atom is 0.344 e. The summed E-state index contributed by atoms with van der Waals surface area (Å²) in [6, 6.07) is 28.6. The lowest BCUT2D eigenvalue weighted by Gasteiger charge is -2.08. The first-order chi connectivity index (χ1) is 18.1. The second-order valence-electron chi connectivity index (χ2n) is 8.45. The highest BCUT2D eigenvalue weighted by Crippen LogP contribution is 2.29. The van der Waals surface area contributed by atoms with Crippen LogP contribution in [-0.2, 0) is 0 Å². The van der Waals surface area contributed by atoms with Gasteiger partial charge in [0.15, 0.2) is 5.58 Å². The van der Waals surface area contributed by atoms with Crippen molar-refractivity contribution in [2.45, 2.75) is 0 Å². The number of rotatable bonds is 5. The van der Waals surface area contributed by atoms with E-state index in [1.165, 1.54) is 0 Å². The number of para-hydroxylation sites is 1. The number of benzene rings is 4. The Balaban J connectivity index is 1.27. The van der Waals surface area contributed by atoms with E-state index < -0.39 is 5.63 Å². The van der Waals surface area contributed by atoms with Crippen LogP contribution in [0.4, 0.5) is 5.69 Å². The van der Waals surface area contributed by atoms with Gasteiger partial charge in [-0.25, -0.2) is 9.78 Å². The lowest BCUT2D eigenvalue weighted by atomic mass is 10.0. The zero-order valence-corrected chi connectivity index (χ0v) is 19.7. The smallest absolute Gasteiger partial charge is 0.344 e. The van der Waals surface area contributed by atoms with E-state index >= 15 is 0 Å². The van der Waals surface area contributed by atoms with Crippen molar-refractivity contribution >= 4 is 33.7 Å². The molecule has 0 bridgehead atoms. The van der Waals surface area contributed by atoms with Crippen molar-refractivity contribution in [3.05, 3.63) is 113 Å². The number of carbonyl (C=O) groups excluding carboxylic acids is 1. The molecule has 1 N–H and O–H groups in total. The van der Waals surface area contributed by atoms with Gasteiger partial charge in [-0.1, -0.05) is 36.4 Å². The van der Waals surface area contributed by atoms with Crippen LogP contribution >= 0.6 is 0 Å². The number of anilines is 1. The Morgan fingerprint density at radius 1 is 0.811 bits per heavy atom. The molecule has 0 saturated heterocycles. The van der Waals surface area contributed by atoms with Crippen LogP contribution in [0.3, 0.4) is 0 Å². The van der Waals surface area contributed by atoms with Crippen LogP contribution in [0, 0.1) is 0 Å². The molecule has 0 aliphatic heterocycles. The lowest BCUT2D eigenvalue weighted by Crippen LogP contribution is -2.12. The van der Waals surface area contributed by atoms with Crippen LogP contribution in [0.15, 0.2) is 111 Å². The van der Waals surface area contributed by atoms with Gasteiger partial charge in [-0.15, -0.1) is 0 Å². The topological polar surface area (TPSA) is 94.6 Å². The minimum atomic E-state index is -0.458. The molecule has 6 aromatic rings. The quantitative estimate of drug-likeness (QED) is 0.277. The Hall–Kier alpha value is -5.17. The van der Waals surface area contributed by atoms with Gasteiger partial charge in [-0.3, -0.25) is 4.79 Å². The number of carbonyl (C=O) groups is 1. The molecule has 37 heavy (non-hydrogen) atoms. The first-order valence-electron chi connectivity index (χ1n) is 11.6. The Bertz CT molecular complexity index is 1850. The van der Waals surface area contributed by atoms with Crippen LogP contribution in [0.2, 0.25) is 0 Å². The van der Waals surface area contributed by atoms with Crippen LogP contribution in [0.1, 0.15) is 10.4 Å². The third-order valence-corrected chi connectivity index (χ3v) is 6.04. The molecule has 0 fully saturated rings. The minimum absolute atomic E-state index is 0.313. The average molecular weight is 488 g/mol. The highest BCUT2D eigenvalue weighted by Gasteiger charge is 2.14. The van der Waals surface area contributed by atoms with Gasteiger partial charge in [0, 0.05) is 28.3 Å². The minimum Gasteiger partial charge on any atom is -0.497 e. The summed E-state index contributed by atoms with van der Waals surface area (Å²) >= 11 is 0. The number of nitrogens with one attached hydrogen (secondary N) is 1. The molecule has 0 unspecified atom stereocenters. The van der Waals surface area contributed by atoms with Gasteiger partial charge in [0.1, 0.15) is 16.8 Å². The number of hydrogen-bond acceptors (Lipinski definition) is 6. The summed E-state index contributed by atoms with van der Waals surface area (Å²) in [4.78, 5) is 30.2. The molecule has 2 aromatic heterocycles. The predicted octanol–water partition coefficient (Wildman–Crippen LogP) is 6.53. The molecule has 180 valence electrons. The summed E-state index contributed by atoms with van der Waals surface area (Å²) in [6.07, 6.45) is 0. The van der Waals surface area contributed by atoms with Crippen molar-refractivity contribution in [1.82, 2.24) is 4.98 Å². The molecule has 0 atom stereocenters. The zero-order valence-electron chi connectivity index (χ0n) is 19.7. The van der Waals surface area contributed by atoms with E-state index in [2.05, 4.69) is 10.3 Å². The van der Waals surface area contributed by atoms with Crippen molar-refractivity contribution < 1.29 is 18.4 Å². The number of oxazole rings is 1. The molecule has 0 aliphatic carbocycles. The van der Waals surface area contributed by atoms with E-state index in [-0.39, 0.29) is 5.91 Å². The molecule has 0 radical (unpaired) electrons. The van der Waals surface area contributed by atoms with Crippen molar-refractivity contribution in [1.29, 1.82) is 0 Å². The zero-order chi connectivity index (χ0) is 25.4. The van der Waals surface area contributed by atoms with E-state index in [0.29, 0.717) is 50.7 Å². The van der Waals surface area contributed by atoms with Gasteiger partial charge in [-0.2, -0.15) is 0 Å². The predicted molar refractivity (Wildman–Crippen MR) is 142 cm³/mol. The van der Waals surface area contributed by atoms with Crippen LogP contribution in [0.25, 0.3) is 44.7 Å². The molecule has 0 saturated carbocycles. The molecular weight excluding hydrogens is 468 g/mol. The summed E-state index contributed by atoms with van der Waals surface area (Å²) in [5, 5.41) is 3.72. The molecule has 4 aromatic carbocycles. The number of aromatic nitrogens is 1. The Morgan fingerprint density at radius 3 is 2.54 bits per heavy atom. The first-order valence-corrected chi connectivity index (χ1v) is 11.6. The lowest BCUT2D eigenvalue weighted by molar-refractivity contribution is 0.102. The largest absolute Gasteiger partial charge is 0.497 e. The summed E-state index contributed by atoms with van der Waals surface area (Å²) in [5.74, 6) is 0.813. The van der Waals surface area contributed by atoms with E-state index in [4.69, 9.17) is 13.6 Å². The summed E-state index contributed by atoms with van der Waals surface area (Å²) in [5.41, 5.74) is 4.07. The molecular formula is C30H20N2O5. The third kappa shape index (κ3) is 4.34. The van der Waals surface area contributed by atoms with Crippen molar-refractivity contribution in [3.63, 3.8) is 0 Å². The van der Waals surface area contributed by atoms with Crippen molar-refractivity contribution in [3.8, 4) is 28.3 Å². The van der Waals surface area contributed by atoms with Gasteiger partial charge in [0.25, 0.3) is 5.91 Å². The molecule has 6 rings (SSSR count). The number of hydrogen-bond donors (Lipinski definition) is 1. The fourth-order valence-electron chi connectivity index (χ4n) is 4.18. The third-order valence-electron chi connectivity index (χ3n) is 6.04. The Labute approximate surface area is 211 Å². The van der Waals surface area contributed by atoms with Gasteiger partial charge in [0.2, 0.25) is 5.89 Å². The maximum absolute atomic E-state index is 13.1. The summed E-state index contributed by atoms with van der Waals surface area (Å²) in [7, 11) is 1.60. The molecule has 1 amide bonds. The highest BCUT2D eigenvalue weighted by molar-refractivity contribution is 6.05. The van der Waals surface area contributed by atoms with Gasteiger partial charge < -0.3 is 18.9 Å². The first kappa shape index (κ1) is 22.3. The van der Waals surface area contributed by atoms with Crippen LogP contribution < -0.4 is 15.7 Å². The number of fused-ring (bicyclic) bond motifs is 2. The van der Waals surface area contributed by atoms with Crippen molar-refractivity contribution in [2.75, 3.05) is 12.4 Å². The van der Waals surface area contributed by atoms with Gasteiger partial charge in [-0.05, 0) is 60.2 Å². The fourth-order valence-corrected chi connectivity index (χ4v) is 4.18. The molecule has 0 spiro atoms. The molecule has 2 heterocycles. The standard InChI is InChI=1S/C30H20N2O5/c1-35-23-12-13-27-25(17-23)32-29(36-27)21-9-5-10-22(15-21)31-28(33)20-8-4-7-18(14-20)24-16-19-6-2-3-11-26(19)37-30(24)34/h2-17H,1H3,(H,31,33). The van der Waals surface area contributed by atoms with Crippen molar-refractivity contribution in [2.24, 2.45) is 0 Å². The second kappa shape index (κ2) is 9.13. The molecule has 7 nitrogen and oxygen atoms in total.